The Morgan fingerprint density at radius 2 is 2.09 bits per heavy atom. The lowest BCUT2D eigenvalue weighted by atomic mass is 9.90. The van der Waals surface area contributed by atoms with E-state index in [9.17, 15) is 4.79 Å². The van der Waals surface area contributed by atoms with Crippen molar-refractivity contribution in [3.05, 3.63) is 30.1 Å². The smallest absolute Gasteiger partial charge is 0.223 e. The van der Waals surface area contributed by atoms with Crippen molar-refractivity contribution in [2.45, 2.75) is 45.4 Å². The van der Waals surface area contributed by atoms with Gasteiger partial charge < -0.3 is 10.2 Å². The first kappa shape index (κ1) is 16.4. The molecule has 1 saturated heterocycles. The van der Waals surface area contributed by atoms with Crippen molar-refractivity contribution in [2.24, 2.45) is 11.3 Å². The Kier molecular flexibility index (Phi) is 5.31. The monoisotopic (exact) mass is 315 g/mol. The Morgan fingerprint density at radius 1 is 1.35 bits per heavy atom. The van der Waals surface area contributed by atoms with Crippen molar-refractivity contribution < 1.29 is 4.79 Å². The third-order valence-corrected chi connectivity index (χ3v) is 5.59. The van der Waals surface area contributed by atoms with E-state index in [1.165, 1.54) is 44.5 Å². The molecule has 1 aromatic heterocycles. The molecule has 1 unspecified atom stereocenters. The topological polar surface area (TPSA) is 45.2 Å². The van der Waals surface area contributed by atoms with Crippen LogP contribution in [0.25, 0.3) is 0 Å². The van der Waals surface area contributed by atoms with Gasteiger partial charge in [0.15, 0.2) is 0 Å². The van der Waals surface area contributed by atoms with E-state index in [1.54, 1.807) is 0 Å². The van der Waals surface area contributed by atoms with E-state index >= 15 is 0 Å². The number of hydrogen-bond donors (Lipinski definition) is 1. The number of likely N-dealkylation sites (tertiary alicyclic amines) is 1. The first-order chi connectivity index (χ1) is 11.2. The molecule has 1 aliphatic carbocycles. The number of pyridine rings is 1. The molecule has 3 rings (SSSR count). The molecule has 4 heteroatoms. The number of aryl methyl sites for hydroxylation is 1. The van der Waals surface area contributed by atoms with Crippen LogP contribution in [0.15, 0.2) is 24.5 Å². The Morgan fingerprint density at radius 3 is 2.78 bits per heavy atom. The fraction of sp³-hybridized carbons (Fsp3) is 0.684. The summed E-state index contributed by atoms with van der Waals surface area (Å²) in [5.74, 6) is 0.580. The second-order valence-corrected chi connectivity index (χ2v) is 7.21. The summed E-state index contributed by atoms with van der Waals surface area (Å²) >= 11 is 0. The molecule has 1 saturated carbocycles. The number of nitrogens with one attached hydrogen (secondary N) is 1. The van der Waals surface area contributed by atoms with Crippen LogP contribution in [0.5, 0.6) is 0 Å². The molecule has 1 N–H and O–H groups in total. The molecular formula is C19H29N3O. The lowest BCUT2D eigenvalue weighted by Crippen LogP contribution is -2.37. The van der Waals surface area contributed by atoms with Crippen LogP contribution in [-0.2, 0) is 11.2 Å². The molecule has 2 fully saturated rings. The molecular weight excluding hydrogens is 286 g/mol. The molecule has 1 aromatic rings. The lowest BCUT2D eigenvalue weighted by molar-refractivity contribution is -0.123. The number of amides is 1. The highest BCUT2D eigenvalue weighted by Crippen LogP contribution is 2.59. The van der Waals surface area contributed by atoms with Crippen LogP contribution in [0.3, 0.4) is 0 Å². The molecule has 2 heterocycles. The summed E-state index contributed by atoms with van der Waals surface area (Å²) in [4.78, 5) is 18.9. The number of rotatable bonds is 7. The molecule has 2 aliphatic rings. The number of carbonyl (C=O) groups excluding carboxylic acids is 1. The molecule has 23 heavy (non-hydrogen) atoms. The van der Waals surface area contributed by atoms with Crippen molar-refractivity contribution >= 4 is 5.91 Å². The highest BCUT2D eigenvalue weighted by molar-refractivity contribution is 5.82. The van der Waals surface area contributed by atoms with Crippen LogP contribution < -0.4 is 5.32 Å². The number of hydrogen-bond acceptors (Lipinski definition) is 3. The zero-order valence-electron chi connectivity index (χ0n) is 14.3. The Hall–Kier alpha value is -1.42. The summed E-state index contributed by atoms with van der Waals surface area (Å²) in [5, 5.41) is 3.15. The molecule has 1 atom stereocenters. The highest BCUT2D eigenvalue weighted by atomic mass is 16.2. The van der Waals surface area contributed by atoms with Gasteiger partial charge in [-0.25, -0.2) is 0 Å². The summed E-state index contributed by atoms with van der Waals surface area (Å²) in [6, 6.07) is 4.09. The maximum absolute atomic E-state index is 12.4. The molecule has 0 aromatic carbocycles. The third kappa shape index (κ3) is 4.11. The number of carbonyl (C=O) groups is 1. The van der Waals surface area contributed by atoms with Crippen LogP contribution >= 0.6 is 0 Å². The van der Waals surface area contributed by atoms with Gasteiger partial charge in [0.1, 0.15) is 0 Å². The zero-order valence-corrected chi connectivity index (χ0v) is 14.3. The van der Waals surface area contributed by atoms with Crippen LogP contribution in [0, 0.1) is 11.3 Å². The van der Waals surface area contributed by atoms with Gasteiger partial charge in [0.05, 0.1) is 0 Å². The van der Waals surface area contributed by atoms with Gasteiger partial charge in [-0.05, 0) is 81.3 Å². The van der Waals surface area contributed by atoms with Gasteiger partial charge in [-0.3, -0.25) is 9.78 Å². The molecule has 1 spiro atoms. The summed E-state index contributed by atoms with van der Waals surface area (Å²) in [6.07, 6.45) is 10.4. The van der Waals surface area contributed by atoms with Crippen LogP contribution in [-0.4, -0.2) is 42.0 Å². The number of piperidine rings is 1. The van der Waals surface area contributed by atoms with E-state index in [-0.39, 0.29) is 5.92 Å². The van der Waals surface area contributed by atoms with E-state index < -0.39 is 0 Å². The summed E-state index contributed by atoms with van der Waals surface area (Å²) in [5.41, 5.74) is 1.64. The molecule has 1 aliphatic heterocycles. The van der Waals surface area contributed by atoms with Gasteiger partial charge >= 0.3 is 0 Å². The second-order valence-electron chi connectivity index (χ2n) is 7.21. The van der Waals surface area contributed by atoms with Crippen LogP contribution in [0.4, 0.5) is 0 Å². The molecule has 0 bridgehead atoms. The highest BCUT2D eigenvalue weighted by Gasteiger charge is 2.58. The minimum atomic E-state index is 0.284. The van der Waals surface area contributed by atoms with E-state index in [0.717, 1.165) is 25.8 Å². The summed E-state index contributed by atoms with van der Waals surface area (Å²) in [7, 11) is 0. The summed E-state index contributed by atoms with van der Waals surface area (Å²) in [6.45, 7) is 6.60. The Balaban J connectivity index is 1.34. The fourth-order valence-corrected chi connectivity index (χ4v) is 3.99. The van der Waals surface area contributed by atoms with Crippen molar-refractivity contribution in [2.75, 3.05) is 26.2 Å². The van der Waals surface area contributed by atoms with Crippen LogP contribution in [0.1, 0.15) is 44.6 Å². The van der Waals surface area contributed by atoms with E-state index in [1.807, 2.05) is 24.5 Å². The molecule has 4 nitrogen and oxygen atoms in total. The molecule has 1 amide bonds. The van der Waals surface area contributed by atoms with Crippen LogP contribution in [0.2, 0.25) is 0 Å². The average Bonchev–Trinajstić information content (AvgIpc) is 3.29. The minimum absolute atomic E-state index is 0.284. The maximum Gasteiger partial charge on any atom is 0.223 e. The quantitative estimate of drug-likeness (QED) is 0.787. The van der Waals surface area contributed by atoms with Crippen molar-refractivity contribution in [1.82, 2.24) is 15.2 Å². The standard InChI is InChI=1S/C19H29N3O/c1-2-12-22-13-7-19(8-14-22)15-17(19)18(23)21-9-3-4-16-5-10-20-11-6-16/h5-6,10-11,17H,2-4,7-9,12-15H2,1H3,(H,21,23). The van der Waals surface area contributed by atoms with Crippen molar-refractivity contribution in [3.63, 3.8) is 0 Å². The lowest BCUT2D eigenvalue weighted by Gasteiger charge is -2.32. The number of aromatic nitrogens is 1. The average molecular weight is 315 g/mol. The maximum atomic E-state index is 12.4. The minimum Gasteiger partial charge on any atom is -0.356 e. The van der Waals surface area contributed by atoms with Crippen molar-refractivity contribution in [3.8, 4) is 0 Å². The first-order valence-electron chi connectivity index (χ1n) is 9.12. The van der Waals surface area contributed by atoms with Crippen molar-refractivity contribution in [1.29, 1.82) is 0 Å². The SMILES string of the molecule is CCCN1CCC2(CC1)CC2C(=O)NCCCc1ccncc1. The van der Waals surface area contributed by atoms with E-state index in [0.29, 0.717) is 11.3 Å². The van der Waals surface area contributed by atoms with E-state index in [4.69, 9.17) is 0 Å². The largest absolute Gasteiger partial charge is 0.356 e. The molecule has 0 radical (unpaired) electrons. The Bertz CT molecular complexity index is 509. The Labute approximate surface area is 139 Å². The normalized spacial score (nSPS) is 22.9. The van der Waals surface area contributed by atoms with Gasteiger partial charge in [-0.1, -0.05) is 6.92 Å². The fourth-order valence-electron chi connectivity index (χ4n) is 3.99. The third-order valence-electron chi connectivity index (χ3n) is 5.59. The second kappa shape index (κ2) is 7.43. The van der Waals surface area contributed by atoms with E-state index in [2.05, 4.69) is 22.1 Å². The van der Waals surface area contributed by atoms with Gasteiger partial charge in [0.2, 0.25) is 5.91 Å². The van der Waals surface area contributed by atoms with Gasteiger partial charge in [-0.2, -0.15) is 0 Å². The zero-order chi connectivity index (χ0) is 16.1. The van der Waals surface area contributed by atoms with Gasteiger partial charge in [0.25, 0.3) is 0 Å². The predicted octanol–water partition coefficient (Wildman–Crippen LogP) is 2.64. The molecule has 126 valence electrons. The first-order valence-corrected chi connectivity index (χ1v) is 9.12. The van der Waals surface area contributed by atoms with Gasteiger partial charge in [-0.15, -0.1) is 0 Å². The predicted molar refractivity (Wildman–Crippen MR) is 92.1 cm³/mol. The summed E-state index contributed by atoms with van der Waals surface area (Å²) < 4.78 is 0. The van der Waals surface area contributed by atoms with Gasteiger partial charge in [0, 0.05) is 24.9 Å². The number of nitrogens with zero attached hydrogens (tertiary/aromatic N) is 2.